The second-order valence-electron chi connectivity index (χ2n) is 6.50. The molecule has 6 heteroatoms. The van der Waals surface area contributed by atoms with E-state index < -0.39 is 0 Å². The second kappa shape index (κ2) is 7.01. The van der Waals surface area contributed by atoms with Crippen molar-refractivity contribution in [1.29, 1.82) is 0 Å². The lowest BCUT2D eigenvalue weighted by molar-refractivity contribution is -0.140. The van der Waals surface area contributed by atoms with Gasteiger partial charge in [0, 0.05) is 31.6 Å². The summed E-state index contributed by atoms with van der Waals surface area (Å²) in [5, 5.41) is 4.11. The van der Waals surface area contributed by atoms with Crippen LogP contribution in [-0.4, -0.2) is 66.3 Å². The van der Waals surface area contributed by atoms with Crippen LogP contribution >= 0.6 is 0 Å². The highest BCUT2D eigenvalue weighted by Gasteiger charge is 2.37. The molecular formula is C17H27N3O3. The van der Waals surface area contributed by atoms with Gasteiger partial charge in [-0.3, -0.25) is 9.69 Å². The number of hydrogen-bond donors (Lipinski definition) is 0. The van der Waals surface area contributed by atoms with Crippen molar-refractivity contribution < 1.29 is 14.1 Å². The van der Waals surface area contributed by atoms with E-state index in [0.29, 0.717) is 12.5 Å². The maximum atomic E-state index is 12.8. The standard InChI is InChI=1S/C17H27N3O3/c1-4-13-12(15(5-2)23-18-13)10-17(21)20-7-6-16-14(11-20)19(3)8-9-22-16/h14,16H,4-11H2,1-3H3/t14-,16+/m1/s1. The Morgan fingerprint density at radius 1 is 1.30 bits per heavy atom. The molecule has 2 atom stereocenters. The number of nitrogens with zero attached hydrogens (tertiary/aromatic N) is 3. The quantitative estimate of drug-likeness (QED) is 0.836. The van der Waals surface area contributed by atoms with Gasteiger partial charge < -0.3 is 14.2 Å². The number of likely N-dealkylation sites (tertiary alicyclic amines) is 1. The average Bonchev–Trinajstić information content (AvgIpc) is 2.96. The zero-order valence-electron chi connectivity index (χ0n) is 14.4. The Labute approximate surface area is 137 Å². The molecule has 1 aromatic rings. The maximum Gasteiger partial charge on any atom is 0.227 e. The molecule has 6 nitrogen and oxygen atoms in total. The van der Waals surface area contributed by atoms with Crippen molar-refractivity contribution in [2.24, 2.45) is 0 Å². The van der Waals surface area contributed by atoms with Crippen molar-refractivity contribution in [3.05, 3.63) is 17.0 Å². The topological polar surface area (TPSA) is 58.8 Å². The summed E-state index contributed by atoms with van der Waals surface area (Å²) in [6.07, 6.45) is 3.17. The predicted molar refractivity (Wildman–Crippen MR) is 86.3 cm³/mol. The van der Waals surface area contributed by atoms with E-state index in [-0.39, 0.29) is 12.0 Å². The molecule has 0 unspecified atom stereocenters. The minimum atomic E-state index is 0.176. The summed E-state index contributed by atoms with van der Waals surface area (Å²) >= 11 is 0. The molecule has 1 aromatic heterocycles. The molecule has 23 heavy (non-hydrogen) atoms. The lowest BCUT2D eigenvalue weighted by atomic mass is 9.98. The largest absolute Gasteiger partial charge is 0.375 e. The van der Waals surface area contributed by atoms with Crippen LogP contribution in [0.25, 0.3) is 0 Å². The molecule has 2 aliphatic rings. The maximum absolute atomic E-state index is 12.8. The number of carbonyl (C=O) groups excluding carboxylic acids is 1. The molecule has 3 heterocycles. The van der Waals surface area contributed by atoms with Crippen LogP contribution in [0.15, 0.2) is 4.52 Å². The van der Waals surface area contributed by atoms with Crippen molar-refractivity contribution in [3.63, 3.8) is 0 Å². The van der Waals surface area contributed by atoms with Gasteiger partial charge in [0.25, 0.3) is 0 Å². The van der Waals surface area contributed by atoms with Crippen molar-refractivity contribution in [3.8, 4) is 0 Å². The molecule has 0 spiro atoms. The van der Waals surface area contributed by atoms with E-state index in [1.807, 2.05) is 18.7 Å². The number of fused-ring (bicyclic) bond motifs is 1. The van der Waals surface area contributed by atoms with Gasteiger partial charge in [-0.05, 0) is 19.9 Å². The Morgan fingerprint density at radius 3 is 2.87 bits per heavy atom. The summed E-state index contributed by atoms with van der Waals surface area (Å²) in [5.41, 5.74) is 1.92. The molecule has 2 saturated heterocycles. The average molecular weight is 321 g/mol. The van der Waals surface area contributed by atoms with Crippen LogP contribution in [0, 0.1) is 0 Å². The van der Waals surface area contributed by atoms with Gasteiger partial charge in [-0.2, -0.15) is 0 Å². The Kier molecular flexibility index (Phi) is 5.02. The van der Waals surface area contributed by atoms with Gasteiger partial charge in [-0.15, -0.1) is 0 Å². The molecule has 128 valence electrons. The van der Waals surface area contributed by atoms with Gasteiger partial charge in [0.1, 0.15) is 5.76 Å². The summed E-state index contributed by atoms with van der Waals surface area (Å²) in [6.45, 7) is 7.36. The van der Waals surface area contributed by atoms with E-state index in [9.17, 15) is 4.79 Å². The Bertz CT molecular complexity index is 536. The number of aryl methyl sites for hydroxylation is 2. The molecule has 0 saturated carbocycles. The Morgan fingerprint density at radius 2 is 2.13 bits per heavy atom. The van der Waals surface area contributed by atoms with Crippen LogP contribution in [0.5, 0.6) is 0 Å². The molecule has 0 bridgehead atoms. The van der Waals surface area contributed by atoms with E-state index in [0.717, 1.165) is 62.5 Å². The SMILES string of the molecule is CCc1noc(CC)c1CC(=O)N1CC[C@@H]2OCCN(C)[C@@H]2C1. The van der Waals surface area contributed by atoms with Crippen molar-refractivity contribution in [2.45, 2.75) is 51.7 Å². The van der Waals surface area contributed by atoms with Gasteiger partial charge in [-0.25, -0.2) is 0 Å². The van der Waals surface area contributed by atoms with E-state index in [1.165, 1.54) is 0 Å². The Balaban J connectivity index is 1.68. The number of ether oxygens (including phenoxy) is 1. The minimum absolute atomic E-state index is 0.176. The third-order valence-corrected chi connectivity index (χ3v) is 5.15. The molecule has 3 rings (SSSR count). The zero-order valence-corrected chi connectivity index (χ0v) is 14.4. The number of aromatic nitrogens is 1. The fourth-order valence-electron chi connectivity index (χ4n) is 3.67. The van der Waals surface area contributed by atoms with Gasteiger partial charge >= 0.3 is 0 Å². The zero-order chi connectivity index (χ0) is 16.4. The molecule has 2 fully saturated rings. The van der Waals surface area contributed by atoms with Gasteiger partial charge in [0.05, 0.1) is 30.9 Å². The van der Waals surface area contributed by atoms with E-state index in [2.05, 4.69) is 17.1 Å². The Hall–Kier alpha value is -1.40. The van der Waals surface area contributed by atoms with Crippen LogP contribution in [0.3, 0.4) is 0 Å². The lowest BCUT2D eigenvalue weighted by Gasteiger charge is -2.45. The van der Waals surface area contributed by atoms with Crippen LogP contribution in [0.1, 0.15) is 37.3 Å². The first-order chi connectivity index (χ1) is 11.1. The lowest BCUT2D eigenvalue weighted by Crippen LogP contribution is -2.59. The van der Waals surface area contributed by atoms with Gasteiger partial charge in [-0.1, -0.05) is 19.0 Å². The number of amides is 1. The third kappa shape index (κ3) is 3.28. The number of hydrogen-bond acceptors (Lipinski definition) is 5. The first-order valence-electron chi connectivity index (χ1n) is 8.69. The molecular weight excluding hydrogens is 294 g/mol. The second-order valence-corrected chi connectivity index (χ2v) is 6.50. The van der Waals surface area contributed by atoms with Gasteiger partial charge in [0.2, 0.25) is 5.91 Å². The molecule has 2 aliphatic heterocycles. The van der Waals surface area contributed by atoms with E-state index >= 15 is 0 Å². The normalized spacial score (nSPS) is 25.4. The molecule has 0 aromatic carbocycles. The number of carbonyl (C=O) groups is 1. The van der Waals surface area contributed by atoms with Gasteiger partial charge in [0.15, 0.2) is 0 Å². The molecule has 0 N–H and O–H groups in total. The molecule has 1 amide bonds. The van der Waals surface area contributed by atoms with Crippen LogP contribution < -0.4 is 0 Å². The summed E-state index contributed by atoms with van der Waals surface area (Å²) in [6, 6.07) is 0.320. The van der Waals surface area contributed by atoms with Crippen LogP contribution in [0.2, 0.25) is 0 Å². The monoisotopic (exact) mass is 321 g/mol. The number of rotatable bonds is 4. The van der Waals surface area contributed by atoms with E-state index in [4.69, 9.17) is 9.26 Å². The molecule has 0 aliphatic carbocycles. The van der Waals surface area contributed by atoms with Crippen molar-refractivity contribution >= 4 is 5.91 Å². The van der Waals surface area contributed by atoms with Crippen LogP contribution in [-0.2, 0) is 28.8 Å². The number of piperidine rings is 1. The van der Waals surface area contributed by atoms with E-state index in [1.54, 1.807) is 0 Å². The summed E-state index contributed by atoms with van der Waals surface area (Å²) < 4.78 is 11.2. The highest BCUT2D eigenvalue weighted by molar-refractivity contribution is 5.79. The number of morpholine rings is 1. The highest BCUT2D eigenvalue weighted by atomic mass is 16.5. The summed E-state index contributed by atoms with van der Waals surface area (Å²) in [4.78, 5) is 17.1. The predicted octanol–water partition coefficient (Wildman–Crippen LogP) is 1.27. The highest BCUT2D eigenvalue weighted by Crippen LogP contribution is 2.23. The summed E-state index contributed by atoms with van der Waals surface area (Å²) in [5.74, 6) is 1.03. The third-order valence-electron chi connectivity index (χ3n) is 5.15. The van der Waals surface area contributed by atoms with Crippen molar-refractivity contribution in [2.75, 3.05) is 33.3 Å². The fraction of sp³-hybridized carbons (Fsp3) is 0.765. The first-order valence-corrected chi connectivity index (χ1v) is 8.69. The summed E-state index contributed by atoms with van der Waals surface area (Å²) in [7, 11) is 2.12. The first kappa shape index (κ1) is 16.5. The van der Waals surface area contributed by atoms with Crippen LogP contribution in [0.4, 0.5) is 0 Å². The number of likely N-dealkylation sites (N-methyl/N-ethyl adjacent to an activating group) is 1. The van der Waals surface area contributed by atoms with Crippen molar-refractivity contribution in [1.82, 2.24) is 15.0 Å². The minimum Gasteiger partial charge on any atom is -0.375 e. The fourth-order valence-corrected chi connectivity index (χ4v) is 3.67. The smallest absolute Gasteiger partial charge is 0.227 e. The molecule has 0 radical (unpaired) electrons.